The van der Waals surface area contributed by atoms with Crippen LogP contribution < -0.4 is 9.04 Å². The van der Waals surface area contributed by atoms with Crippen LogP contribution in [0.4, 0.5) is 5.69 Å². The van der Waals surface area contributed by atoms with Gasteiger partial charge in [0.2, 0.25) is 5.91 Å². The first kappa shape index (κ1) is 22.4. The fraction of sp³-hybridized carbons (Fsp3) is 0.409. The van der Waals surface area contributed by atoms with Crippen molar-refractivity contribution in [1.82, 2.24) is 4.90 Å². The molecule has 1 heterocycles. The molecule has 2 aromatic rings. The fourth-order valence-electron chi connectivity index (χ4n) is 3.61. The normalized spacial score (nSPS) is 16.9. The minimum atomic E-state index is -4.01. The van der Waals surface area contributed by atoms with Gasteiger partial charge in [0.05, 0.1) is 17.2 Å². The number of ether oxygens (including phenoxy) is 1. The van der Waals surface area contributed by atoms with Gasteiger partial charge in [-0.3, -0.25) is 9.10 Å². The van der Waals surface area contributed by atoms with Gasteiger partial charge in [0.25, 0.3) is 10.0 Å². The molecule has 0 aliphatic carbocycles. The van der Waals surface area contributed by atoms with Crippen molar-refractivity contribution < 1.29 is 17.9 Å². The number of sulfonamides is 1. The molecule has 0 unspecified atom stereocenters. The third kappa shape index (κ3) is 5.08. The zero-order valence-corrected chi connectivity index (χ0v) is 18.8. The lowest BCUT2D eigenvalue weighted by Gasteiger charge is -2.33. The van der Waals surface area contributed by atoms with Crippen LogP contribution >= 0.6 is 11.6 Å². The molecule has 1 aliphatic heterocycles. The SMILES string of the molecule is CCOc1ccccc1N(CC(=O)N1CCC[C@H](C)C1)S(=O)(=O)c1ccc(Cl)cc1. The number of carbonyl (C=O) groups excluding carboxylic acids is 1. The number of hydrogen-bond acceptors (Lipinski definition) is 4. The van der Waals surface area contributed by atoms with Gasteiger partial charge in [0, 0.05) is 18.1 Å². The molecule has 1 aliphatic rings. The summed E-state index contributed by atoms with van der Waals surface area (Å²) >= 11 is 5.94. The molecule has 1 atom stereocenters. The maximum Gasteiger partial charge on any atom is 0.264 e. The molecule has 0 bridgehead atoms. The van der Waals surface area contributed by atoms with E-state index in [0.29, 0.717) is 42.1 Å². The highest BCUT2D eigenvalue weighted by molar-refractivity contribution is 7.92. The second kappa shape index (κ2) is 9.71. The van der Waals surface area contributed by atoms with E-state index in [4.69, 9.17) is 16.3 Å². The van der Waals surface area contributed by atoms with Crippen molar-refractivity contribution in [2.75, 3.05) is 30.5 Å². The number of benzene rings is 2. The summed E-state index contributed by atoms with van der Waals surface area (Å²) in [4.78, 5) is 14.9. The summed E-state index contributed by atoms with van der Waals surface area (Å²) in [5, 5.41) is 0.439. The van der Waals surface area contributed by atoms with Crippen LogP contribution in [0.15, 0.2) is 53.4 Å². The van der Waals surface area contributed by atoms with E-state index in [1.165, 1.54) is 24.3 Å². The van der Waals surface area contributed by atoms with E-state index in [0.717, 1.165) is 17.1 Å². The minimum Gasteiger partial charge on any atom is -0.492 e. The van der Waals surface area contributed by atoms with Crippen LogP contribution in [-0.2, 0) is 14.8 Å². The number of likely N-dealkylation sites (tertiary alicyclic amines) is 1. The van der Waals surface area contributed by atoms with E-state index in [1.54, 1.807) is 29.2 Å². The predicted molar refractivity (Wildman–Crippen MR) is 119 cm³/mol. The van der Waals surface area contributed by atoms with Crippen LogP contribution in [0.5, 0.6) is 5.75 Å². The second-order valence-electron chi connectivity index (χ2n) is 7.45. The van der Waals surface area contributed by atoms with E-state index in [1.807, 2.05) is 6.92 Å². The van der Waals surface area contributed by atoms with Gasteiger partial charge < -0.3 is 9.64 Å². The van der Waals surface area contributed by atoms with Gasteiger partial charge in [-0.25, -0.2) is 8.42 Å². The number of para-hydroxylation sites is 2. The van der Waals surface area contributed by atoms with Crippen molar-refractivity contribution in [2.24, 2.45) is 5.92 Å². The molecular formula is C22H27ClN2O4S. The minimum absolute atomic E-state index is 0.0676. The number of anilines is 1. The molecular weight excluding hydrogens is 424 g/mol. The molecule has 1 amide bonds. The van der Waals surface area contributed by atoms with E-state index < -0.39 is 10.0 Å². The Labute approximate surface area is 183 Å². The molecule has 1 saturated heterocycles. The Morgan fingerprint density at radius 3 is 2.57 bits per heavy atom. The summed E-state index contributed by atoms with van der Waals surface area (Å²) < 4.78 is 33.9. The third-order valence-corrected chi connectivity index (χ3v) is 7.15. The summed E-state index contributed by atoms with van der Waals surface area (Å²) in [5.74, 6) is 0.600. The topological polar surface area (TPSA) is 66.9 Å². The monoisotopic (exact) mass is 450 g/mol. The summed E-state index contributed by atoms with van der Waals surface area (Å²) in [6.45, 7) is 5.30. The maximum absolute atomic E-state index is 13.5. The molecule has 1 fully saturated rings. The first-order valence-corrected chi connectivity index (χ1v) is 11.9. The van der Waals surface area contributed by atoms with Crippen LogP contribution in [0.1, 0.15) is 26.7 Å². The average molecular weight is 451 g/mol. The first-order valence-electron chi connectivity index (χ1n) is 10.1. The van der Waals surface area contributed by atoms with Gasteiger partial charge in [0.15, 0.2) is 0 Å². The van der Waals surface area contributed by atoms with Crippen LogP contribution in [0.2, 0.25) is 5.02 Å². The lowest BCUT2D eigenvalue weighted by molar-refractivity contribution is -0.131. The van der Waals surface area contributed by atoms with Gasteiger partial charge in [-0.15, -0.1) is 0 Å². The Kier molecular flexibility index (Phi) is 7.26. The van der Waals surface area contributed by atoms with Crippen molar-refractivity contribution in [1.29, 1.82) is 0 Å². The summed E-state index contributed by atoms with van der Waals surface area (Å²) in [6, 6.07) is 12.8. The third-order valence-electron chi connectivity index (χ3n) is 5.12. The van der Waals surface area contributed by atoms with Crippen LogP contribution in [0, 0.1) is 5.92 Å². The quantitative estimate of drug-likeness (QED) is 0.634. The highest BCUT2D eigenvalue weighted by atomic mass is 35.5. The summed E-state index contributed by atoms with van der Waals surface area (Å²) in [6.07, 6.45) is 2.00. The van der Waals surface area contributed by atoms with E-state index in [9.17, 15) is 13.2 Å². The second-order valence-corrected chi connectivity index (χ2v) is 9.75. The molecule has 2 aromatic carbocycles. The number of carbonyl (C=O) groups is 1. The fourth-order valence-corrected chi connectivity index (χ4v) is 5.16. The number of amides is 1. The van der Waals surface area contributed by atoms with E-state index in [-0.39, 0.29) is 17.3 Å². The average Bonchev–Trinajstić information content (AvgIpc) is 2.73. The molecule has 3 rings (SSSR count). The zero-order chi connectivity index (χ0) is 21.7. The Morgan fingerprint density at radius 2 is 1.90 bits per heavy atom. The van der Waals surface area contributed by atoms with Crippen LogP contribution in [0.25, 0.3) is 0 Å². The zero-order valence-electron chi connectivity index (χ0n) is 17.3. The number of halogens is 1. The van der Waals surface area contributed by atoms with Crippen molar-refractivity contribution >= 4 is 33.2 Å². The van der Waals surface area contributed by atoms with Gasteiger partial charge in [0.1, 0.15) is 12.3 Å². The highest BCUT2D eigenvalue weighted by Crippen LogP contribution is 2.33. The summed E-state index contributed by atoms with van der Waals surface area (Å²) in [7, 11) is -4.01. The number of hydrogen-bond donors (Lipinski definition) is 0. The van der Waals surface area contributed by atoms with Crippen molar-refractivity contribution in [3.63, 3.8) is 0 Å². The summed E-state index contributed by atoms with van der Waals surface area (Å²) in [5.41, 5.74) is 0.340. The molecule has 0 saturated carbocycles. The van der Waals surface area contributed by atoms with Crippen molar-refractivity contribution in [3.8, 4) is 5.75 Å². The molecule has 30 heavy (non-hydrogen) atoms. The smallest absolute Gasteiger partial charge is 0.264 e. The molecule has 162 valence electrons. The maximum atomic E-state index is 13.5. The number of piperidine rings is 1. The first-order chi connectivity index (χ1) is 14.3. The van der Waals surface area contributed by atoms with Gasteiger partial charge in [-0.1, -0.05) is 30.7 Å². The highest BCUT2D eigenvalue weighted by Gasteiger charge is 2.32. The van der Waals surface area contributed by atoms with E-state index >= 15 is 0 Å². The molecule has 0 N–H and O–H groups in total. The van der Waals surface area contributed by atoms with E-state index in [2.05, 4.69) is 6.92 Å². The lowest BCUT2D eigenvalue weighted by atomic mass is 10.0. The standard InChI is InChI=1S/C22H27ClN2O4S/c1-3-29-21-9-5-4-8-20(21)25(16-22(26)24-14-6-7-17(2)15-24)30(27,28)19-12-10-18(23)11-13-19/h4-5,8-13,17H,3,6-7,14-16H2,1-2H3/t17-/m0/s1. The molecule has 0 radical (unpaired) electrons. The lowest BCUT2D eigenvalue weighted by Crippen LogP contribution is -2.46. The van der Waals surface area contributed by atoms with Crippen molar-refractivity contribution in [3.05, 3.63) is 53.6 Å². The Bertz CT molecular complexity index is 979. The van der Waals surface area contributed by atoms with Gasteiger partial charge in [-0.2, -0.15) is 0 Å². The van der Waals surface area contributed by atoms with Gasteiger partial charge in [-0.05, 0) is 62.1 Å². The van der Waals surface area contributed by atoms with Crippen molar-refractivity contribution in [2.45, 2.75) is 31.6 Å². The Morgan fingerprint density at radius 1 is 1.20 bits per heavy atom. The predicted octanol–water partition coefficient (Wildman–Crippen LogP) is 4.19. The molecule has 6 nitrogen and oxygen atoms in total. The Hall–Kier alpha value is -2.25. The number of nitrogens with zero attached hydrogens (tertiary/aromatic N) is 2. The number of rotatable bonds is 7. The molecule has 0 spiro atoms. The largest absolute Gasteiger partial charge is 0.492 e. The molecule has 8 heteroatoms. The molecule has 0 aromatic heterocycles. The van der Waals surface area contributed by atoms with Crippen LogP contribution in [0.3, 0.4) is 0 Å². The Balaban J connectivity index is 2.01. The van der Waals surface area contributed by atoms with Crippen LogP contribution in [-0.4, -0.2) is 45.5 Å². The van der Waals surface area contributed by atoms with Gasteiger partial charge >= 0.3 is 0 Å².